The summed E-state index contributed by atoms with van der Waals surface area (Å²) in [6.45, 7) is 6.83. The SMILES string of the molecule is CC(C)C[C@H](NC(=O)c1ccc(N2CCOCC2)cc1)C(=O)NC(C#N)C#N. The quantitative estimate of drug-likeness (QED) is 0.730. The number of ether oxygens (including phenoxy) is 1. The molecule has 0 radical (unpaired) electrons. The van der Waals surface area contributed by atoms with Gasteiger partial charge >= 0.3 is 0 Å². The Kier molecular flexibility index (Phi) is 7.79. The van der Waals surface area contributed by atoms with E-state index in [0.717, 1.165) is 18.8 Å². The number of amides is 2. The molecule has 2 N–H and O–H groups in total. The molecule has 0 bridgehead atoms. The zero-order valence-electron chi connectivity index (χ0n) is 16.1. The number of hydrogen-bond acceptors (Lipinski definition) is 6. The lowest BCUT2D eigenvalue weighted by molar-refractivity contribution is -0.123. The van der Waals surface area contributed by atoms with E-state index < -0.39 is 18.0 Å². The third kappa shape index (κ3) is 5.97. The first-order valence-electron chi connectivity index (χ1n) is 9.27. The van der Waals surface area contributed by atoms with Crippen molar-refractivity contribution in [2.75, 3.05) is 31.2 Å². The third-order valence-electron chi connectivity index (χ3n) is 4.38. The van der Waals surface area contributed by atoms with E-state index in [9.17, 15) is 9.59 Å². The Hall–Kier alpha value is -3.10. The zero-order valence-corrected chi connectivity index (χ0v) is 16.1. The summed E-state index contributed by atoms with van der Waals surface area (Å²) in [6.07, 6.45) is 0.396. The van der Waals surface area contributed by atoms with Crippen LogP contribution < -0.4 is 15.5 Å². The number of morpholine rings is 1. The Morgan fingerprint density at radius 1 is 1.11 bits per heavy atom. The molecule has 1 saturated heterocycles. The first kappa shape index (κ1) is 21.2. The van der Waals surface area contributed by atoms with E-state index in [-0.39, 0.29) is 11.8 Å². The van der Waals surface area contributed by atoms with Crippen LogP contribution in [0.5, 0.6) is 0 Å². The molecule has 1 aromatic carbocycles. The molecule has 28 heavy (non-hydrogen) atoms. The molecule has 8 heteroatoms. The van der Waals surface area contributed by atoms with Crippen LogP contribution >= 0.6 is 0 Å². The Bertz CT molecular complexity index is 744. The minimum atomic E-state index is -1.24. The lowest BCUT2D eigenvalue weighted by Gasteiger charge is -2.29. The normalized spacial score (nSPS) is 14.9. The highest BCUT2D eigenvalue weighted by Crippen LogP contribution is 2.17. The number of carbonyl (C=O) groups excluding carboxylic acids is 2. The summed E-state index contributed by atoms with van der Waals surface area (Å²) in [7, 11) is 0. The predicted octanol–water partition coefficient (Wildman–Crippen LogP) is 1.20. The van der Waals surface area contributed by atoms with Gasteiger partial charge in [0.2, 0.25) is 11.9 Å². The molecule has 1 heterocycles. The number of benzene rings is 1. The van der Waals surface area contributed by atoms with Gasteiger partial charge in [-0.2, -0.15) is 10.5 Å². The van der Waals surface area contributed by atoms with Gasteiger partial charge in [-0.25, -0.2) is 0 Å². The lowest BCUT2D eigenvalue weighted by Crippen LogP contribution is -2.49. The van der Waals surface area contributed by atoms with Gasteiger partial charge in [0.1, 0.15) is 18.2 Å². The molecule has 0 unspecified atom stereocenters. The van der Waals surface area contributed by atoms with Crippen LogP contribution in [0.2, 0.25) is 0 Å². The highest BCUT2D eigenvalue weighted by molar-refractivity contribution is 5.97. The number of carbonyl (C=O) groups is 2. The molecule has 0 aromatic heterocycles. The molecule has 148 valence electrons. The average Bonchev–Trinajstić information content (AvgIpc) is 2.71. The maximum Gasteiger partial charge on any atom is 0.251 e. The number of nitriles is 2. The maximum atomic E-state index is 12.6. The minimum absolute atomic E-state index is 0.141. The zero-order chi connectivity index (χ0) is 20.5. The van der Waals surface area contributed by atoms with Gasteiger partial charge in [0.25, 0.3) is 5.91 Å². The van der Waals surface area contributed by atoms with Crippen molar-refractivity contribution in [1.29, 1.82) is 10.5 Å². The summed E-state index contributed by atoms with van der Waals surface area (Å²) in [6, 6.07) is 8.51. The molecule has 1 fully saturated rings. The Balaban J connectivity index is 2.04. The Morgan fingerprint density at radius 3 is 2.25 bits per heavy atom. The fourth-order valence-electron chi connectivity index (χ4n) is 2.93. The van der Waals surface area contributed by atoms with Crippen molar-refractivity contribution < 1.29 is 14.3 Å². The smallest absolute Gasteiger partial charge is 0.251 e. The van der Waals surface area contributed by atoms with Crippen molar-refractivity contribution in [3.8, 4) is 12.1 Å². The third-order valence-corrected chi connectivity index (χ3v) is 4.38. The van der Waals surface area contributed by atoms with Crippen molar-refractivity contribution in [3.63, 3.8) is 0 Å². The molecule has 2 amide bonds. The van der Waals surface area contributed by atoms with Crippen LogP contribution in [0.15, 0.2) is 24.3 Å². The molecule has 2 rings (SSSR count). The summed E-state index contributed by atoms with van der Waals surface area (Å²) in [4.78, 5) is 27.2. The number of hydrogen-bond donors (Lipinski definition) is 2. The largest absolute Gasteiger partial charge is 0.378 e. The van der Waals surface area contributed by atoms with Gasteiger partial charge in [-0.3, -0.25) is 9.59 Å². The van der Waals surface area contributed by atoms with E-state index in [1.807, 2.05) is 26.0 Å². The van der Waals surface area contributed by atoms with E-state index in [0.29, 0.717) is 25.2 Å². The number of nitrogens with zero attached hydrogens (tertiary/aromatic N) is 3. The van der Waals surface area contributed by atoms with Gasteiger partial charge in [0.05, 0.1) is 13.2 Å². The molecule has 0 spiro atoms. The molecule has 1 atom stereocenters. The second kappa shape index (κ2) is 10.3. The molecule has 0 saturated carbocycles. The molecule has 1 aliphatic heterocycles. The summed E-state index contributed by atoms with van der Waals surface area (Å²) < 4.78 is 5.34. The minimum Gasteiger partial charge on any atom is -0.378 e. The second-order valence-corrected chi connectivity index (χ2v) is 7.00. The van der Waals surface area contributed by atoms with Crippen LogP contribution in [-0.4, -0.2) is 50.2 Å². The predicted molar refractivity (Wildman–Crippen MR) is 103 cm³/mol. The van der Waals surface area contributed by atoms with Gasteiger partial charge in [-0.05, 0) is 36.6 Å². The second-order valence-electron chi connectivity index (χ2n) is 7.00. The fourth-order valence-corrected chi connectivity index (χ4v) is 2.93. The van der Waals surface area contributed by atoms with Gasteiger partial charge in [-0.1, -0.05) is 13.8 Å². The van der Waals surface area contributed by atoms with Gasteiger partial charge in [-0.15, -0.1) is 0 Å². The molecular weight excluding hydrogens is 358 g/mol. The summed E-state index contributed by atoms with van der Waals surface area (Å²) >= 11 is 0. The van der Waals surface area contributed by atoms with Crippen molar-refractivity contribution >= 4 is 17.5 Å². The molecule has 1 aliphatic rings. The molecule has 1 aromatic rings. The van der Waals surface area contributed by atoms with Gasteiger partial charge < -0.3 is 20.3 Å². The van der Waals surface area contributed by atoms with Crippen LogP contribution in [0.1, 0.15) is 30.6 Å². The van der Waals surface area contributed by atoms with E-state index in [2.05, 4.69) is 15.5 Å². The lowest BCUT2D eigenvalue weighted by atomic mass is 10.0. The van der Waals surface area contributed by atoms with Gasteiger partial charge in [0.15, 0.2) is 0 Å². The van der Waals surface area contributed by atoms with Crippen molar-refractivity contribution in [2.24, 2.45) is 5.92 Å². The highest BCUT2D eigenvalue weighted by Gasteiger charge is 2.24. The standard InChI is InChI=1S/C20H25N5O3/c1-14(2)11-18(20(27)23-16(12-21)13-22)24-19(26)15-3-5-17(6-4-15)25-7-9-28-10-8-25/h3-6,14,16,18H,7-11H2,1-2H3,(H,23,27)(H,24,26)/t18-/m0/s1. The van der Waals surface area contributed by atoms with Crippen LogP contribution in [0.25, 0.3) is 0 Å². The van der Waals surface area contributed by atoms with Crippen LogP contribution in [0.4, 0.5) is 5.69 Å². The van der Waals surface area contributed by atoms with Crippen LogP contribution in [-0.2, 0) is 9.53 Å². The van der Waals surface area contributed by atoms with Gasteiger partial charge in [0, 0.05) is 24.3 Å². The van der Waals surface area contributed by atoms with Crippen molar-refractivity contribution in [3.05, 3.63) is 29.8 Å². The topological polar surface area (TPSA) is 118 Å². The van der Waals surface area contributed by atoms with Crippen LogP contribution in [0, 0.1) is 28.6 Å². The summed E-state index contributed by atoms with van der Waals surface area (Å²) in [5, 5.41) is 22.7. The van der Waals surface area contributed by atoms with E-state index in [1.54, 1.807) is 24.3 Å². The Labute approximate surface area is 165 Å². The van der Waals surface area contributed by atoms with E-state index in [1.165, 1.54) is 0 Å². The molecular formula is C20H25N5O3. The van der Waals surface area contributed by atoms with Crippen molar-refractivity contribution in [1.82, 2.24) is 10.6 Å². The summed E-state index contributed by atoms with van der Waals surface area (Å²) in [5.74, 6) is -0.776. The fraction of sp³-hybridized carbons (Fsp3) is 0.500. The van der Waals surface area contributed by atoms with E-state index in [4.69, 9.17) is 15.3 Å². The summed E-state index contributed by atoms with van der Waals surface area (Å²) in [5.41, 5.74) is 1.46. The first-order valence-corrected chi connectivity index (χ1v) is 9.27. The van der Waals surface area contributed by atoms with E-state index >= 15 is 0 Å². The number of rotatable bonds is 7. The number of nitrogens with one attached hydrogen (secondary N) is 2. The monoisotopic (exact) mass is 383 g/mol. The maximum absolute atomic E-state index is 12.6. The Morgan fingerprint density at radius 2 is 1.71 bits per heavy atom. The average molecular weight is 383 g/mol. The first-order chi connectivity index (χ1) is 13.4. The molecule has 0 aliphatic carbocycles. The molecule has 8 nitrogen and oxygen atoms in total. The number of anilines is 1. The highest BCUT2D eigenvalue weighted by atomic mass is 16.5. The van der Waals surface area contributed by atoms with Crippen LogP contribution in [0.3, 0.4) is 0 Å². The van der Waals surface area contributed by atoms with Crippen molar-refractivity contribution in [2.45, 2.75) is 32.4 Å².